The summed E-state index contributed by atoms with van der Waals surface area (Å²) >= 11 is 0. The van der Waals surface area contributed by atoms with Crippen molar-refractivity contribution >= 4 is 5.90 Å². The maximum absolute atomic E-state index is 7.35. The molecule has 0 fully saturated rings. The van der Waals surface area contributed by atoms with Crippen LogP contribution in [0.4, 0.5) is 0 Å². The molecule has 0 aliphatic carbocycles. The molecule has 0 spiro atoms. The van der Waals surface area contributed by atoms with Gasteiger partial charge in [-0.15, -0.1) is 0 Å². The summed E-state index contributed by atoms with van der Waals surface area (Å²) in [6.45, 7) is 6.64. The molecular weight excluding hydrogens is 202 g/mol. The minimum absolute atomic E-state index is 0.253. The average molecular weight is 221 g/mol. The van der Waals surface area contributed by atoms with Crippen LogP contribution in [0.15, 0.2) is 12.1 Å². The van der Waals surface area contributed by atoms with Gasteiger partial charge in [-0.25, -0.2) is 0 Å². The van der Waals surface area contributed by atoms with Gasteiger partial charge in [0.1, 0.15) is 5.75 Å². The largest absolute Gasteiger partial charge is 0.492 e. The molecule has 0 unspecified atom stereocenters. The highest BCUT2D eigenvalue weighted by atomic mass is 16.5. The highest BCUT2D eigenvalue weighted by molar-refractivity contribution is 5.72. The highest BCUT2D eigenvalue weighted by Crippen LogP contribution is 2.25. The lowest BCUT2D eigenvalue weighted by Gasteiger charge is -2.13. The third-order valence-corrected chi connectivity index (χ3v) is 2.70. The van der Waals surface area contributed by atoms with Crippen molar-refractivity contribution < 1.29 is 9.47 Å². The van der Waals surface area contributed by atoms with E-state index < -0.39 is 0 Å². The van der Waals surface area contributed by atoms with Crippen molar-refractivity contribution in [3.8, 4) is 5.75 Å². The quantitative estimate of drug-likeness (QED) is 0.627. The maximum Gasteiger partial charge on any atom is 0.183 e. The monoisotopic (exact) mass is 221 g/mol. The van der Waals surface area contributed by atoms with E-state index in [4.69, 9.17) is 14.9 Å². The van der Waals surface area contributed by atoms with Crippen LogP contribution < -0.4 is 4.74 Å². The van der Waals surface area contributed by atoms with E-state index in [2.05, 4.69) is 26.0 Å². The molecule has 0 saturated carbocycles. The Labute approximate surface area is 96.9 Å². The van der Waals surface area contributed by atoms with Crippen molar-refractivity contribution in [1.82, 2.24) is 0 Å². The van der Waals surface area contributed by atoms with Gasteiger partial charge < -0.3 is 9.47 Å². The number of hydrogen-bond acceptors (Lipinski definition) is 3. The van der Waals surface area contributed by atoms with Crippen LogP contribution in [0.1, 0.15) is 23.1 Å². The fourth-order valence-electron chi connectivity index (χ4n) is 1.50. The molecule has 0 saturated heterocycles. The summed E-state index contributed by atoms with van der Waals surface area (Å²) in [5, 5.41) is 7.35. The number of methoxy groups -OCH3 is 1. The zero-order valence-electron chi connectivity index (χ0n) is 10.4. The van der Waals surface area contributed by atoms with Crippen molar-refractivity contribution in [3.63, 3.8) is 0 Å². The minimum Gasteiger partial charge on any atom is -0.492 e. The predicted octanol–water partition coefficient (Wildman–Crippen LogP) is 3.00. The van der Waals surface area contributed by atoms with Crippen LogP contribution in [-0.4, -0.2) is 19.6 Å². The third-order valence-electron chi connectivity index (χ3n) is 2.70. The number of ether oxygens (including phenoxy) is 2. The van der Waals surface area contributed by atoms with Crippen molar-refractivity contribution in [2.24, 2.45) is 0 Å². The molecule has 0 bridgehead atoms. The van der Waals surface area contributed by atoms with Gasteiger partial charge in [-0.2, -0.15) is 0 Å². The van der Waals surface area contributed by atoms with Gasteiger partial charge in [-0.05, 0) is 37.5 Å². The van der Waals surface area contributed by atoms with Gasteiger partial charge in [-0.1, -0.05) is 12.1 Å². The fourth-order valence-corrected chi connectivity index (χ4v) is 1.50. The lowest BCUT2D eigenvalue weighted by atomic mass is 10.1. The van der Waals surface area contributed by atoms with Gasteiger partial charge in [0.05, 0.1) is 20.1 Å². The Balaban J connectivity index is 2.67. The Morgan fingerprint density at radius 2 is 1.81 bits per heavy atom. The van der Waals surface area contributed by atoms with Gasteiger partial charge in [0.2, 0.25) is 0 Å². The maximum atomic E-state index is 7.35. The number of hydrogen-bond donors (Lipinski definition) is 1. The number of benzene rings is 1. The first kappa shape index (κ1) is 12.6. The molecular formula is C13H19NO2. The summed E-state index contributed by atoms with van der Waals surface area (Å²) in [7, 11) is 1.51. The molecule has 0 aliphatic rings. The molecule has 3 heteroatoms. The second-order valence-corrected chi connectivity index (χ2v) is 3.88. The molecule has 0 heterocycles. The Hall–Kier alpha value is -1.51. The van der Waals surface area contributed by atoms with Gasteiger partial charge >= 0.3 is 0 Å². The molecule has 0 amide bonds. The van der Waals surface area contributed by atoms with Crippen LogP contribution in [0.5, 0.6) is 5.75 Å². The molecule has 0 aromatic heterocycles. The summed E-state index contributed by atoms with van der Waals surface area (Å²) in [4.78, 5) is 0. The standard InChI is InChI=1S/C13H19NO2/c1-9-5-6-10(2)13(11(9)3)16-8-7-12(14)15-4/h5-6,14H,7-8H2,1-4H3. The first-order chi connectivity index (χ1) is 7.56. The Morgan fingerprint density at radius 3 is 2.44 bits per heavy atom. The first-order valence-electron chi connectivity index (χ1n) is 5.37. The van der Waals surface area contributed by atoms with E-state index >= 15 is 0 Å². The topological polar surface area (TPSA) is 42.3 Å². The van der Waals surface area contributed by atoms with Crippen molar-refractivity contribution in [1.29, 1.82) is 5.41 Å². The molecule has 0 atom stereocenters. The summed E-state index contributed by atoms with van der Waals surface area (Å²) in [5.74, 6) is 1.19. The van der Waals surface area contributed by atoms with E-state index in [9.17, 15) is 0 Å². The highest BCUT2D eigenvalue weighted by Gasteiger charge is 2.06. The molecule has 88 valence electrons. The van der Waals surface area contributed by atoms with E-state index in [1.807, 2.05) is 6.92 Å². The van der Waals surface area contributed by atoms with Gasteiger partial charge in [-0.3, -0.25) is 5.41 Å². The SMILES string of the molecule is COC(=N)CCOc1c(C)ccc(C)c1C. The molecule has 1 aromatic rings. The zero-order valence-corrected chi connectivity index (χ0v) is 10.4. The fraction of sp³-hybridized carbons (Fsp3) is 0.462. The lowest BCUT2D eigenvalue weighted by molar-refractivity contribution is 0.304. The van der Waals surface area contributed by atoms with Crippen LogP contribution in [0.2, 0.25) is 0 Å². The van der Waals surface area contributed by atoms with E-state index in [1.54, 1.807) is 0 Å². The smallest absolute Gasteiger partial charge is 0.183 e. The van der Waals surface area contributed by atoms with Crippen LogP contribution in [0.3, 0.4) is 0 Å². The van der Waals surface area contributed by atoms with Crippen molar-refractivity contribution in [2.75, 3.05) is 13.7 Å². The van der Waals surface area contributed by atoms with Gasteiger partial charge in [0, 0.05) is 0 Å². The van der Waals surface area contributed by atoms with Crippen molar-refractivity contribution in [3.05, 3.63) is 28.8 Å². The van der Waals surface area contributed by atoms with Crippen LogP contribution in [-0.2, 0) is 4.74 Å². The average Bonchev–Trinajstić information content (AvgIpc) is 2.28. The normalized spacial score (nSPS) is 10.0. The Morgan fingerprint density at radius 1 is 1.19 bits per heavy atom. The second-order valence-electron chi connectivity index (χ2n) is 3.88. The molecule has 1 rings (SSSR count). The predicted molar refractivity (Wildman–Crippen MR) is 65.5 cm³/mol. The molecule has 3 nitrogen and oxygen atoms in total. The summed E-state index contributed by atoms with van der Waals surface area (Å²) in [6.07, 6.45) is 0.503. The van der Waals surface area contributed by atoms with Gasteiger partial charge in [0.15, 0.2) is 5.90 Å². The molecule has 0 radical (unpaired) electrons. The van der Waals surface area contributed by atoms with E-state index in [0.717, 1.165) is 11.3 Å². The van der Waals surface area contributed by atoms with E-state index in [0.29, 0.717) is 13.0 Å². The zero-order chi connectivity index (χ0) is 12.1. The molecule has 1 N–H and O–H groups in total. The Kier molecular flexibility index (Phi) is 4.35. The summed E-state index contributed by atoms with van der Waals surface area (Å²) < 4.78 is 10.5. The number of aryl methyl sites for hydroxylation is 2. The summed E-state index contributed by atoms with van der Waals surface area (Å²) in [6, 6.07) is 4.15. The molecule has 16 heavy (non-hydrogen) atoms. The van der Waals surface area contributed by atoms with E-state index in [1.165, 1.54) is 18.2 Å². The van der Waals surface area contributed by atoms with Gasteiger partial charge in [0.25, 0.3) is 0 Å². The number of rotatable bonds is 4. The van der Waals surface area contributed by atoms with Crippen LogP contribution in [0, 0.1) is 26.2 Å². The Bertz CT molecular complexity index is 386. The second kappa shape index (κ2) is 5.54. The minimum atomic E-state index is 0.253. The number of nitrogens with one attached hydrogen (secondary N) is 1. The molecule has 0 aliphatic heterocycles. The summed E-state index contributed by atoms with van der Waals surface area (Å²) in [5.41, 5.74) is 3.53. The van der Waals surface area contributed by atoms with Crippen LogP contribution in [0.25, 0.3) is 0 Å². The third kappa shape index (κ3) is 2.99. The lowest BCUT2D eigenvalue weighted by Crippen LogP contribution is -2.08. The first-order valence-corrected chi connectivity index (χ1v) is 5.37. The van der Waals surface area contributed by atoms with Crippen LogP contribution >= 0.6 is 0 Å². The molecule has 1 aromatic carbocycles. The van der Waals surface area contributed by atoms with E-state index in [-0.39, 0.29) is 5.90 Å². The van der Waals surface area contributed by atoms with Crippen molar-refractivity contribution in [2.45, 2.75) is 27.2 Å².